The van der Waals surface area contributed by atoms with Crippen molar-refractivity contribution in [1.29, 1.82) is 0 Å². The standard InChI is InChI=1S/C15H13NOS/c1-9-3-4-13-11(7-9)12(8-16-13)14(17)15-10(2)5-6-18-15/h3-8,16H,1-2H3. The number of carbonyl (C=O) groups is 1. The predicted molar refractivity (Wildman–Crippen MR) is 75.5 cm³/mol. The molecule has 0 aliphatic carbocycles. The monoisotopic (exact) mass is 255 g/mol. The Kier molecular flexibility index (Phi) is 2.56. The zero-order chi connectivity index (χ0) is 12.7. The minimum Gasteiger partial charge on any atom is -0.360 e. The summed E-state index contributed by atoms with van der Waals surface area (Å²) in [7, 11) is 0. The molecule has 3 aromatic rings. The summed E-state index contributed by atoms with van der Waals surface area (Å²) in [5.74, 6) is 0.111. The van der Waals surface area contributed by atoms with E-state index < -0.39 is 0 Å². The van der Waals surface area contributed by atoms with Crippen LogP contribution in [0.1, 0.15) is 26.4 Å². The molecule has 0 spiro atoms. The third kappa shape index (κ3) is 1.68. The third-order valence-corrected chi connectivity index (χ3v) is 4.17. The Morgan fingerprint density at radius 2 is 2.06 bits per heavy atom. The van der Waals surface area contributed by atoms with Crippen LogP contribution in [-0.4, -0.2) is 10.8 Å². The number of aromatic nitrogens is 1. The summed E-state index contributed by atoms with van der Waals surface area (Å²) in [4.78, 5) is 16.5. The molecule has 0 aliphatic rings. The zero-order valence-corrected chi connectivity index (χ0v) is 11.1. The van der Waals surface area contributed by atoms with Crippen LogP contribution in [-0.2, 0) is 0 Å². The molecule has 3 heteroatoms. The van der Waals surface area contributed by atoms with Gasteiger partial charge in [0.05, 0.1) is 4.88 Å². The highest BCUT2D eigenvalue weighted by Crippen LogP contribution is 2.25. The van der Waals surface area contributed by atoms with E-state index in [9.17, 15) is 4.79 Å². The molecule has 2 aromatic heterocycles. The van der Waals surface area contributed by atoms with Crippen molar-refractivity contribution in [1.82, 2.24) is 4.98 Å². The summed E-state index contributed by atoms with van der Waals surface area (Å²) in [6, 6.07) is 8.10. The average Bonchev–Trinajstić information content (AvgIpc) is 2.94. The van der Waals surface area contributed by atoms with Crippen molar-refractivity contribution in [3.63, 3.8) is 0 Å². The molecule has 0 saturated carbocycles. The molecular formula is C15H13NOS. The van der Waals surface area contributed by atoms with Gasteiger partial charge in [-0.15, -0.1) is 11.3 Å². The second-order valence-corrected chi connectivity index (χ2v) is 5.43. The van der Waals surface area contributed by atoms with Crippen molar-refractivity contribution in [2.24, 2.45) is 0 Å². The Morgan fingerprint density at radius 1 is 1.22 bits per heavy atom. The van der Waals surface area contributed by atoms with E-state index in [1.54, 1.807) is 0 Å². The van der Waals surface area contributed by atoms with E-state index in [1.807, 2.05) is 43.6 Å². The zero-order valence-electron chi connectivity index (χ0n) is 10.3. The first kappa shape index (κ1) is 11.2. The molecule has 90 valence electrons. The van der Waals surface area contributed by atoms with Crippen LogP contribution in [0.3, 0.4) is 0 Å². The summed E-state index contributed by atoms with van der Waals surface area (Å²) in [5.41, 5.74) is 3.99. The van der Waals surface area contributed by atoms with Crippen molar-refractivity contribution in [3.05, 3.63) is 57.4 Å². The number of carbonyl (C=O) groups excluding carboxylic acids is 1. The Balaban J connectivity index is 2.18. The van der Waals surface area contributed by atoms with Gasteiger partial charge in [-0.05, 0) is 43.0 Å². The maximum atomic E-state index is 12.5. The van der Waals surface area contributed by atoms with Crippen LogP contribution in [0.15, 0.2) is 35.8 Å². The summed E-state index contributed by atoms with van der Waals surface area (Å²) < 4.78 is 0. The quantitative estimate of drug-likeness (QED) is 0.688. The number of ketones is 1. The number of benzene rings is 1. The molecule has 3 rings (SSSR count). The first-order valence-electron chi connectivity index (χ1n) is 5.83. The Labute approximate surface area is 109 Å². The van der Waals surface area contributed by atoms with E-state index in [-0.39, 0.29) is 5.78 Å². The van der Waals surface area contributed by atoms with Crippen molar-refractivity contribution < 1.29 is 4.79 Å². The molecule has 1 N–H and O–H groups in total. The molecule has 18 heavy (non-hydrogen) atoms. The minimum atomic E-state index is 0.111. The molecule has 0 saturated heterocycles. The second kappa shape index (κ2) is 4.10. The van der Waals surface area contributed by atoms with Gasteiger partial charge in [-0.25, -0.2) is 0 Å². The maximum Gasteiger partial charge on any atom is 0.205 e. The maximum absolute atomic E-state index is 12.5. The van der Waals surface area contributed by atoms with E-state index in [1.165, 1.54) is 16.9 Å². The van der Waals surface area contributed by atoms with E-state index in [0.29, 0.717) is 0 Å². The number of aryl methyl sites for hydroxylation is 2. The lowest BCUT2D eigenvalue weighted by molar-refractivity contribution is 0.104. The lowest BCUT2D eigenvalue weighted by Crippen LogP contribution is -1.99. The molecule has 0 aliphatic heterocycles. The van der Waals surface area contributed by atoms with E-state index in [4.69, 9.17) is 0 Å². The average molecular weight is 255 g/mol. The molecule has 0 fully saturated rings. The molecule has 0 unspecified atom stereocenters. The molecule has 1 aromatic carbocycles. The normalized spacial score (nSPS) is 11.0. The predicted octanol–water partition coefficient (Wildman–Crippen LogP) is 4.08. The third-order valence-electron chi connectivity index (χ3n) is 3.15. The lowest BCUT2D eigenvalue weighted by atomic mass is 10.0. The van der Waals surface area contributed by atoms with Gasteiger partial charge in [0.2, 0.25) is 5.78 Å². The first-order chi connectivity index (χ1) is 8.66. The molecular weight excluding hydrogens is 242 g/mol. The van der Waals surface area contributed by atoms with E-state index >= 15 is 0 Å². The van der Waals surface area contributed by atoms with Gasteiger partial charge >= 0.3 is 0 Å². The Morgan fingerprint density at radius 3 is 2.78 bits per heavy atom. The van der Waals surface area contributed by atoms with Gasteiger partial charge in [0.25, 0.3) is 0 Å². The van der Waals surface area contributed by atoms with Gasteiger partial charge in [0.15, 0.2) is 0 Å². The number of aromatic amines is 1. The number of rotatable bonds is 2. The Hall–Kier alpha value is -1.87. The van der Waals surface area contributed by atoms with Crippen molar-refractivity contribution >= 4 is 28.0 Å². The van der Waals surface area contributed by atoms with Crippen LogP contribution < -0.4 is 0 Å². The fourth-order valence-electron chi connectivity index (χ4n) is 2.15. The van der Waals surface area contributed by atoms with Crippen molar-refractivity contribution in [3.8, 4) is 0 Å². The fourth-order valence-corrected chi connectivity index (χ4v) is 3.03. The smallest absolute Gasteiger partial charge is 0.205 e. The number of H-pyrrole nitrogens is 1. The molecule has 0 atom stereocenters. The fraction of sp³-hybridized carbons (Fsp3) is 0.133. The number of nitrogens with one attached hydrogen (secondary N) is 1. The van der Waals surface area contributed by atoms with Gasteiger partial charge < -0.3 is 4.98 Å². The highest BCUT2D eigenvalue weighted by atomic mass is 32.1. The number of hydrogen-bond acceptors (Lipinski definition) is 2. The topological polar surface area (TPSA) is 32.9 Å². The molecule has 0 radical (unpaired) electrons. The van der Waals surface area contributed by atoms with E-state index in [2.05, 4.69) is 11.1 Å². The largest absolute Gasteiger partial charge is 0.360 e. The summed E-state index contributed by atoms with van der Waals surface area (Å²) in [5, 5.41) is 2.97. The minimum absolute atomic E-state index is 0.111. The highest BCUT2D eigenvalue weighted by molar-refractivity contribution is 7.12. The van der Waals surface area contributed by atoms with Gasteiger partial charge in [0, 0.05) is 22.7 Å². The number of fused-ring (bicyclic) bond motifs is 1. The van der Waals surface area contributed by atoms with Crippen molar-refractivity contribution in [2.75, 3.05) is 0 Å². The Bertz CT molecular complexity index is 736. The molecule has 2 nitrogen and oxygen atoms in total. The van der Waals surface area contributed by atoms with E-state index in [0.717, 1.165) is 26.9 Å². The van der Waals surface area contributed by atoms with Crippen LogP contribution in [0, 0.1) is 13.8 Å². The van der Waals surface area contributed by atoms with Gasteiger partial charge in [-0.3, -0.25) is 4.79 Å². The van der Waals surface area contributed by atoms with Crippen molar-refractivity contribution in [2.45, 2.75) is 13.8 Å². The lowest BCUT2D eigenvalue weighted by Gasteiger charge is -1.99. The summed E-state index contributed by atoms with van der Waals surface area (Å²) in [6.07, 6.45) is 1.81. The van der Waals surface area contributed by atoms with Crippen LogP contribution in [0.4, 0.5) is 0 Å². The summed E-state index contributed by atoms with van der Waals surface area (Å²) >= 11 is 1.51. The van der Waals surface area contributed by atoms with Crippen LogP contribution in [0.2, 0.25) is 0 Å². The molecule has 2 heterocycles. The van der Waals surface area contributed by atoms with Gasteiger partial charge in [-0.2, -0.15) is 0 Å². The van der Waals surface area contributed by atoms with Gasteiger partial charge in [-0.1, -0.05) is 11.6 Å². The SMILES string of the molecule is Cc1ccc2[nH]cc(C(=O)c3sccc3C)c2c1. The second-order valence-electron chi connectivity index (χ2n) is 4.51. The number of hydrogen-bond donors (Lipinski definition) is 1. The van der Waals surface area contributed by atoms with Crippen LogP contribution >= 0.6 is 11.3 Å². The van der Waals surface area contributed by atoms with Crippen LogP contribution in [0.5, 0.6) is 0 Å². The molecule has 0 amide bonds. The first-order valence-corrected chi connectivity index (χ1v) is 6.71. The molecule has 0 bridgehead atoms. The number of thiophene rings is 1. The highest BCUT2D eigenvalue weighted by Gasteiger charge is 2.16. The van der Waals surface area contributed by atoms with Crippen LogP contribution in [0.25, 0.3) is 10.9 Å². The van der Waals surface area contributed by atoms with Gasteiger partial charge in [0.1, 0.15) is 0 Å². The summed E-state index contributed by atoms with van der Waals surface area (Å²) in [6.45, 7) is 4.01.